The van der Waals surface area contributed by atoms with Crippen LogP contribution < -0.4 is 0 Å². The van der Waals surface area contributed by atoms with Crippen LogP contribution in [0, 0.1) is 19.8 Å². The highest BCUT2D eigenvalue weighted by Gasteiger charge is 2.03. The van der Waals surface area contributed by atoms with E-state index in [1.165, 1.54) is 0 Å². The molecule has 0 saturated heterocycles. The molecule has 0 aliphatic heterocycles. The maximum Gasteiger partial charge on any atom is 0.0621 e. The van der Waals surface area contributed by atoms with Crippen molar-refractivity contribution in [2.75, 3.05) is 0 Å². The third-order valence-corrected chi connectivity index (χ3v) is 1.78. The van der Waals surface area contributed by atoms with Gasteiger partial charge in [-0.25, -0.2) is 0 Å². The quantitative estimate of drug-likeness (QED) is 0.670. The van der Waals surface area contributed by atoms with Gasteiger partial charge >= 0.3 is 0 Å². The molecule has 0 aromatic carbocycles. The number of hydrogen-bond acceptors (Lipinski definition) is 2. The zero-order chi connectivity index (χ0) is 9.14. The average molecular weight is 164 g/mol. The molecule has 0 saturated carbocycles. The molecule has 0 aliphatic rings. The minimum atomic E-state index is 0.653. The topological polar surface area (TPSA) is 25.8 Å². The summed E-state index contributed by atoms with van der Waals surface area (Å²) in [6.45, 7) is 8.40. The first-order chi connectivity index (χ1) is 5.59. The summed E-state index contributed by atoms with van der Waals surface area (Å²) < 4.78 is 0. The van der Waals surface area contributed by atoms with Crippen molar-refractivity contribution in [1.29, 1.82) is 0 Å². The van der Waals surface area contributed by atoms with Gasteiger partial charge in [0.25, 0.3) is 0 Å². The Bertz CT molecular complexity index is 267. The van der Waals surface area contributed by atoms with Gasteiger partial charge in [-0.2, -0.15) is 0 Å². The van der Waals surface area contributed by atoms with E-state index in [0.717, 1.165) is 23.5 Å². The van der Waals surface area contributed by atoms with Crippen molar-refractivity contribution in [1.82, 2.24) is 9.97 Å². The largest absolute Gasteiger partial charge is 0.258 e. The molecule has 1 rings (SSSR count). The summed E-state index contributed by atoms with van der Waals surface area (Å²) in [5.41, 5.74) is 3.22. The van der Waals surface area contributed by atoms with Crippen LogP contribution in [0.1, 0.15) is 30.9 Å². The van der Waals surface area contributed by atoms with E-state index in [9.17, 15) is 0 Å². The van der Waals surface area contributed by atoms with Gasteiger partial charge in [0.1, 0.15) is 0 Å². The Balaban J connectivity index is 2.90. The zero-order valence-corrected chi connectivity index (χ0v) is 8.26. The maximum absolute atomic E-state index is 4.45. The van der Waals surface area contributed by atoms with Crippen LogP contribution in [-0.2, 0) is 6.42 Å². The highest BCUT2D eigenvalue weighted by Crippen LogP contribution is 2.08. The Labute approximate surface area is 74.1 Å². The standard InChI is InChI=1S/C10H16N2/c1-7(2)5-10-9(4)11-6-8(3)12-10/h6-7H,5H2,1-4H3. The van der Waals surface area contributed by atoms with Gasteiger partial charge in [0.2, 0.25) is 0 Å². The second-order valence-corrected chi connectivity index (χ2v) is 3.64. The molecule has 0 unspecified atom stereocenters. The van der Waals surface area contributed by atoms with E-state index in [1.807, 2.05) is 20.0 Å². The van der Waals surface area contributed by atoms with Crippen molar-refractivity contribution < 1.29 is 0 Å². The fourth-order valence-electron chi connectivity index (χ4n) is 1.17. The fraction of sp³-hybridized carbons (Fsp3) is 0.600. The van der Waals surface area contributed by atoms with Crippen molar-refractivity contribution >= 4 is 0 Å². The number of nitrogens with zero attached hydrogens (tertiary/aromatic N) is 2. The van der Waals surface area contributed by atoms with E-state index in [0.29, 0.717) is 5.92 Å². The Morgan fingerprint density at radius 1 is 1.33 bits per heavy atom. The lowest BCUT2D eigenvalue weighted by atomic mass is 10.1. The van der Waals surface area contributed by atoms with Gasteiger partial charge < -0.3 is 0 Å². The molecule has 12 heavy (non-hydrogen) atoms. The van der Waals surface area contributed by atoms with E-state index < -0.39 is 0 Å². The summed E-state index contributed by atoms with van der Waals surface area (Å²) in [6.07, 6.45) is 2.85. The van der Waals surface area contributed by atoms with Gasteiger partial charge in [0.15, 0.2) is 0 Å². The molecule has 1 aromatic heterocycles. The van der Waals surface area contributed by atoms with Gasteiger partial charge in [-0.05, 0) is 26.2 Å². The summed E-state index contributed by atoms with van der Waals surface area (Å²) >= 11 is 0. The molecule has 66 valence electrons. The molecule has 0 fully saturated rings. The Kier molecular flexibility index (Phi) is 2.79. The van der Waals surface area contributed by atoms with Crippen LogP contribution in [0.3, 0.4) is 0 Å². The maximum atomic E-state index is 4.45. The molecule has 0 N–H and O–H groups in total. The zero-order valence-electron chi connectivity index (χ0n) is 8.26. The molecule has 1 heterocycles. The molecule has 0 atom stereocenters. The van der Waals surface area contributed by atoms with Gasteiger partial charge in [-0.15, -0.1) is 0 Å². The van der Waals surface area contributed by atoms with E-state index >= 15 is 0 Å². The Hall–Kier alpha value is -0.920. The first-order valence-corrected chi connectivity index (χ1v) is 4.38. The van der Waals surface area contributed by atoms with Crippen LogP contribution in [0.5, 0.6) is 0 Å². The fourth-order valence-corrected chi connectivity index (χ4v) is 1.17. The minimum absolute atomic E-state index is 0.653. The molecule has 0 amide bonds. The van der Waals surface area contributed by atoms with Crippen LogP contribution in [0.15, 0.2) is 6.20 Å². The average Bonchev–Trinajstić information content (AvgIpc) is 1.96. The van der Waals surface area contributed by atoms with Crippen molar-refractivity contribution in [2.24, 2.45) is 5.92 Å². The molecule has 0 aliphatic carbocycles. The van der Waals surface area contributed by atoms with E-state index in [-0.39, 0.29) is 0 Å². The molecule has 1 aromatic rings. The SMILES string of the molecule is Cc1cnc(C)c(CC(C)C)n1. The van der Waals surface area contributed by atoms with Crippen LogP contribution in [0.4, 0.5) is 0 Å². The van der Waals surface area contributed by atoms with E-state index in [1.54, 1.807) is 0 Å². The van der Waals surface area contributed by atoms with Gasteiger partial charge in [-0.1, -0.05) is 13.8 Å². The molecule has 0 bridgehead atoms. The van der Waals surface area contributed by atoms with E-state index in [4.69, 9.17) is 0 Å². The number of rotatable bonds is 2. The molecule has 0 spiro atoms. The summed E-state index contributed by atoms with van der Waals surface area (Å²) in [7, 11) is 0. The van der Waals surface area contributed by atoms with Gasteiger partial charge in [-0.3, -0.25) is 9.97 Å². The number of aryl methyl sites for hydroxylation is 2. The minimum Gasteiger partial charge on any atom is -0.258 e. The molecule has 2 nitrogen and oxygen atoms in total. The summed E-state index contributed by atoms with van der Waals surface area (Å²) in [6, 6.07) is 0. The monoisotopic (exact) mass is 164 g/mol. The Morgan fingerprint density at radius 2 is 2.00 bits per heavy atom. The first kappa shape index (κ1) is 9.17. The third kappa shape index (κ3) is 2.29. The van der Waals surface area contributed by atoms with Crippen LogP contribution in [0.2, 0.25) is 0 Å². The third-order valence-electron chi connectivity index (χ3n) is 1.78. The van der Waals surface area contributed by atoms with Crippen molar-refractivity contribution in [3.8, 4) is 0 Å². The van der Waals surface area contributed by atoms with Gasteiger partial charge in [0.05, 0.1) is 17.1 Å². The smallest absolute Gasteiger partial charge is 0.0621 e. The van der Waals surface area contributed by atoms with Crippen LogP contribution >= 0.6 is 0 Å². The molecular weight excluding hydrogens is 148 g/mol. The predicted octanol–water partition coefficient (Wildman–Crippen LogP) is 2.29. The van der Waals surface area contributed by atoms with Gasteiger partial charge in [0, 0.05) is 6.20 Å². The van der Waals surface area contributed by atoms with Crippen molar-refractivity contribution in [2.45, 2.75) is 34.1 Å². The summed E-state index contributed by atoms with van der Waals surface area (Å²) in [5.74, 6) is 0.653. The number of aromatic nitrogens is 2. The summed E-state index contributed by atoms with van der Waals surface area (Å²) in [5, 5.41) is 0. The second kappa shape index (κ2) is 3.65. The molecule has 0 radical (unpaired) electrons. The normalized spacial score (nSPS) is 10.8. The van der Waals surface area contributed by atoms with Crippen molar-refractivity contribution in [3.63, 3.8) is 0 Å². The van der Waals surface area contributed by atoms with Crippen molar-refractivity contribution in [3.05, 3.63) is 23.3 Å². The highest BCUT2D eigenvalue weighted by atomic mass is 14.8. The lowest BCUT2D eigenvalue weighted by molar-refractivity contribution is 0.627. The van der Waals surface area contributed by atoms with E-state index in [2.05, 4.69) is 23.8 Å². The number of hydrogen-bond donors (Lipinski definition) is 0. The Morgan fingerprint density at radius 3 is 2.58 bits per heavy atom. The summed E-state index contributed by atoms with van der Waals surface area (Å²) in [4.78, 5) is 8.72. The predicted molar refractivity (Wildman–Crippen MR) is 50.0 cm³/mol. The first-order valence-electron chi connectivity index (χ1n) is 4.38. The lowest BCUT2D eigenvalue weighted by Crippen LogP contribution is -2.03. The lowest BCUT2D eigenvalue weighted by Gasteiger charge is -2.06. The molecule has 2 heteroatoms. The van der Waals surface area contributed by atoms with Crippen LogP contribution in [0.25, 0.3) is 0 Å². The molecular formula is C10H16N2. The van der Waals surface area contributed by atoms with Crippen LogP contribution in [-0.4, -0.2) is 9.97 Å². The highest BCUT2D eigenvalue weighted by molar-refractivity contribution is 5.12. The second-order valence-electron chi connectivity index (χ2n) is 3.64.